The maximum Gasteiger partial charge on any atom is 0.410 e. The number of anilines is 3. The van der Waals surface area contributed by atoms with E-state index in [1.807, 2.05) is 12.1 Å². The van der Waals surface area contributed by atoms with Gasteiger partial charge in [0.05, 0.1) is 17.3 Å². The molecule has 1 saturated carbocycles. The quantitative estimate of drug-likeness (QED) is 0.526. The van der Waals surface area contributed by atoms with Crippen LogP contribution in [0.3, 0.4) is 0 Å². The van der Waals surface area contributed by atoms with E-state index in [0.29, 0.717) is 42.0 Å². The number of piperazine rings is 1. The molecule has 0 radical (unpaired) electrons. The van der Waals surface area contributed by atoms with Gasteiger partial charge in [-0.05, 0) is 81.5 Å². The number of hydrogen-bond acceptors (Lipinski definition) is 8. The molecule has 0 spiro atoms. The van der Waals surface area contributed by atoms with Crippen molar-refractivity contribution < 1.29 is 14.3 Å². The largest absolute Gasteiger partial charge is 0.444 e. The molecular weight excluding hydrogens is 482 g/mol. The third-order valence-corrected chi connectivity index (χ3v) is 6.23. The average molecular weight is 512 g/mol. The highest BCUT2D eigenvalue weighted by atomic mass is 16.6. The second kappa shape index (κ2) is 10.1. The molecule has 1 N–H and O–H groups in total. The highest BCUT2D eigenvalue weighted by molar-refractivity contribution is 5.96. The van der Waals surface area contributed by atoms with Crippen LogP contribution in [0, 0.1) is 11.3 Å². The van der Waals surface area contributed by atoms with Crippen molar-refractivity contribution in [1.29, 1.82) is 5.26 Å². The van der Waals surface area contributed by atoms with E-state index in [0.717, 1.165) is 24.1 Å². The summed E-state index contributed by atoms with van der Waals surface area (Å²) in [7, 11) is 0. The summed E-state index contributed by atoms with van der Waals surface area (Å²) in [6.07, 6.45) is 5.08. The van der Waals surface area contributed by atoms with Crippen molar-refractivity contribution in [3.63, 3.8) is 0 Å². The Morgan fingerprint density at radius 1 is 1.11 bits per heavy atom. The van der Waals surface area contributed by atoms with E-state index in [9.17, 15) is 14.9 Å². The standard InChI is InChI=1S/C28H29N7O3/c1-28(2,3)38-27(37)34-10-11-35(26(36)17-34)25-7-6-20(16-31-25)22-13-21(19-4-5-19)14-24(32-22)33-23-12-18(15-29)8-9-30-23/h6-9,12-14,16,19H,4-5,10-11,17H2,1-3H3,(H,30,32,33). The molecule has 2 aliphatic rings. The van der Waals surface area contributed by atoms with Gasteiger partial charge in [0.15, 0.2) is 0 Å². The Labute approximate surface area is 221 Å². The molecule has 2 fully saturated rings. The van der Waals surface area contributed by atoms with Gasteiger partial charge in [0.2, 0.25) is 5.91 Å². The fourth-order valence-corrected chi connectivity index (χ4v) is 4.21. The number of carbonyl (C=O) groups excluding carboxylic acids is 2. The average Bonchev–Trinajstić information content (AvgIpc) is 3.73. The summed E-state index contributed by atoms with van der Waals surface area (Å²) in [6, 6.07) is 13.2. The van der Waals surface area contributed by atoms with Crippen molar-refractivity contribution in [1.82, 2.24) is 19.9 Å². The van der Waals surface area contributed by atoms with Crippen LogP contribution in [0.15, 0.2) is 48.8 Å². The Balaban J connectivity index is 1.32. The summed E-state index contributed by atoms with van der Waals surface area (Å²) in [5, 5.41) is 12.4. The molecule has 194 valence electrons. The molecule has 1 aliphatic heterocycles. The number of nitrogens with one attached hydrogen (secondary N) is 1. The minimum atomic E-state index is -0.619. The van der Waals surface area contributed by atoms with Gasteiger partial charge in [-0.15, -0.1) is 0 Å². The molecule has 4 heterocycles. The van der Waals surface area contributed by atoms with Gasteiger partial charge in [0, 0.05) is 31.0 Å². The Morgan fingerprint density at radius 3 is 2.58 bits per heavy atom. The zero-order chi connectivity index (χ0) is 26.9. The topological polar surface area (TPSA) is 124 Å². The fourth-order valence-electron chi connectivity index (χ4n) is 4.21. The van der Waals surface area contributed by atoms with Crippen molar-refractivity contribution in [2.24, 2.45) is 0 Å². The monoisotopic (exact) mass is 511 g/mol. The van der Waals surface area contributed by atoms with Crippen LogP contribution in [0.25, 0.3) is 11.3 Å². The number of amides is 2. The van der Waals surface area contributed by atoms with E-state index in [4.69, 9.17) is 9.72 Å². The maximum atomic E-state index is 12.8. The van der Waals surface area contributed by atoms with Gasteiger partial charge in [-0.1, -0.05) is 0 Å². The first-order valence-electron chi connectivity index (χ1n) is 12.6. The summed E-state index contributed by atoms with van der Waals surface area (Å²) < 4.78 is 5.39. The first kappa shape index (κ1) is 25.1. The van der Waals surface area contributed by atoms with Crippen LogP contribution >= 0.6 is 0 Å². The van der Waals surface area contributed by atoms with E-state index in [1.54, 1.807) is 56.3 Å². The minimum absolute atomic E-state index is 0.0562. The van der Waals surface area contributed by atoms with Crippen molar-refractivity contribution in [2.45, 2.75) is 45.1 Å². The van der Waals surface area contributed by atoms with Crippen molar-refractivity contribution in [3.8, 4) is 17.3 Å². The zero-order valence-corrected chi connectivity index (χ0v) is 21.6. The van der Waals surface area contributed by atoms with E-state index in [2.05, 4.69) is 27.4 Å². The SMILES string of the molecule is CC(C)(C)OC(=O)N1CCN(c2ccc(-c3cc(C4CC4)cc(Nc4cc(C#N)ccn4)n3)cn2)C(=O)C1. The minimum Gasteiger partial charge on any atom is -0.444 e. The molecule has 3 aromatic heterocycles. The molecule has 3 aromatic rings. The molecule has 10 nitrogen and oxygen atoms in total. The third kappa shape index (κ3) is 5.89. The number of ether oxygens (including phenoxy) is 1. The highest BCUT2D eigenvalue weighted by Crippen LogP contribution is 2.42. The maximum absolute atomic E-state index is 12.8. The van der Waals surface area contributed by atoms with E-state index in [1.165, 1.54) is 10.5 Å². The smallest absolute Gasteiger partial charge is 0.410 e. The van der Waals surface area contributed by atoms with E-state index in [-0.39, 0.29) is 12.5 Å². The van der Waals surface area contributed by atoms with Gasteiger partial charge in [-0.2, -0.15) is 5.26 Å². The van der Waals surface area contributed by atoms with Crippen LogP contribution in [0.5, 0.6) is 0 Å². The van der Waals surface area contributed by atoms with Gasteiger partial charge in [-0.3, -0.25) is 14.6 Å². The Kier molecular flexibility index (Phi) is 6.68. The summed E-state index contributed by atoms with van der Waals surface area (Å²) >= 11 is 0. The molecule has 0 unspecified atom stereocenters. The van der Waals surface area contributed by atoms with E-state index >= 15 is 0 Å². The van der Waals surface area contributed by atoms with Crippen LogP contribution in [0.1, 0.15) is 50.7 Å². The summed E-state index contributed by atoms with van der Waals surface area (Å²) in [4.78, 5) is 41.8. The predicted octanol–water partition coefficient (Wildman–Crippen LogP) is 4.61. The normalized spacial score (nSPS) is 15.7. The molecule has 1 aliphatic carbocycles. The van der Waals surface area contributed by atoms with Crippen molar-refractivity contribution in [3.05, 3.63) is 59.9 Å². The van der Waals surface area contributed by atoms with Gasteiger partial charge < -0.3 is 10.1 Å². The van der Waals surface area contributed by atoms with Crippen LogP contribution in [0.4, 0.5) is 22.2 Å². The highest BCUT2D eigenvalue weighted by Gasteiger charge is 2.31. The molecule has 0 bridgehead atoms. The number of nitrogens with zero attached hydrogens (tertiary/aromatic N) is 6. The lowest BCUT2D eigenvalue weighted by Crippen LogP contribution is -2.53. The second-order valence-electron chi connectivity index (χ2n) is 10.5. The third-order valence-electron chi connectivity index (χ3n) is 6.23. The number of rotatable bonds is 5. The van der Waals surface area contributed by atoms with Gasteiger partial charge in [0.1, 0.15) is 29.6 Å². The summed E-state index contributed by atoms with van der Waals surface area (Å²) in [5.41, 5.74) is 2.66. The van der Waals surface area contributed by atoms with Crippen LogP contribution in [-0.2, 0) is 9.53 Å². The second-order valence-corrected chi connectivity index (χ2v) is 10.5. The van der Waals surface area contributed by atoms with Gasteiger partial charge >= 0.3 is 6.09 Å². The predicted molar refractivity (Wildman–Crippen MR) is 142 cm³/mol. The molecule has 38 heavy (non-hydrogen) atoms. The lowest BCUT2D eigenvalue weighted by Gasteiger charge is -2.34. The molecule has 0 atom stereocenters. The van der Waals surface area contributed by atoms with Crippen molar-refractivity contribution in [2.75, 3.05) is 29.9 Å². The number of nitriles is 1. The molecule has 1 saturated heterocycles. The zero-order valence-electron chi connectivity index (χ0n) is 21.6. The molecular formula is C28H29N7O3. The first-order chi connectivity index (χ1) is 18.2. The Morgan fingerprint density at radius 2 is 1.92 bits per heavy atom. The Hall–Kier alpha value is -4.52. The molecule has 5 rings (SSSR count). The molecule has 2 amide bonds. The lowest BCUT2D eigenvalue weighted by atomic mass is 10.1. The molecule has 10 heteroatoms. The van der Waals surface area contributed by atoms with Crippen LogP contribution in [0.2, 0.25) is 0 Å². The van der Waals surface area contributed by atoms with Crippen LogP contribution < -0.4 is 10.2 Å². The Bertz CT molecular complexity index is 1410. The lowest BCUT2D eigenvalue weighted by molar-refractivity contribution is -0.121. The fraction of sp³-hybridized carbons (Fsp3) is 0.357. The van der Waals surface area contributed by atoms with Crippen molar-refractivity contribution >= 4 is 29.5 Å². The van der Waals surface area contributed by atoms with Gasteiger partial charge in [-0.25, -0.2) is 19.7 Å². The summed E-state index contributed by atoms with van der Waals surface area (Å²) in [5.74, 6) is 2.01. The van der Waals surface area contributed by atoms with Gasteiger partial charge in [0.25, 0.3) is 0 Å². The number of aromatic nitrogens is 3. The van der Waals surface area contributed by atoms with Crippen LogP contribution in [-0.4, -0.2) is 57.1 Å². The molecule has 0 aromatic carbocycles. The number of hydrogen-bond donors (Lipinski definition) is 1. The first-order valence-corrected chi connectivity index (χ1v) is 12.6. The van der Waals surface area contributed by atoms with E-state index < -0.39 is 11.7 Å². The number of pyridine rings is 3. The summed E-state index contributed by atoms with van der Waals surface area (Å²) in [6.45, 7) is 6.04. The number of carbonyl (C=O) groups is 2.